The van der Waals surface area contributed by atoms with Crippen molar-refractivity contribution in [3.05, 3.63) is 70.3 Å². The minimum atomic E-state index is -1.15. The van der Waals surface area contributed by atoms with E-state index < -0.39 is 11.9 Å². The number of aryl methyl sites for hydroxylation is 1. The van der Waals surface area contributed by atoms with Gasteiger partial charge in [0.25, 0.3) is 0 Å². The van der Waals surface area contributed by atoms with E-state index in [4.69, 9.17) is 11.6 Å². The van der Waals surface area contributed by atoms with Crippen LogP contribution in [0.2, 0.25) is 5.02 Å². The van der Waals surface area contributed by atoms with Crippen LogP contribution in [0, 0.1) is 0 Å². The maximum Gasteiger partial charge on any atom is 0.337 e. The number of unbranched alkanes of at least 4 members (excludes halogenated alkanes) is 2. The van der Waals surface area contributed by atoms with Crippen molar-refractivity contribution in [1.29, 1.82) is 0 Å². The average Bonchev–Trinajstić information content (AvgIpc) is 2.63. The number of para-hydroxylation sites is 1. The molecular formula is C21H22ClNO3. The number of hydrogen-bond donors (Lipinski definition) is 2. The van der Waals surface area contributed by atoms with Gasteiger partial charge in [0.2, 0.25) is 5.91 Å². The molecule has 0 heterocycles. The quantitative estimate of drug-likeness (QED) is 0.480. The molecule has 0 atom stereocenters. The number of amides is 1. The Balaban J connectivity index is 2.01. The molecular weight excluding hydrogens is 350 g/mol. The van der Waals surface area contributed by atoms with Crippen molar-refractivity contribution in [2.45, 2.75) is 32.6 Å². The van der Waals surface area contributed by atoms with Crippen molar-refractivity contribution in [2.75, 3.05) is 5.32 Å². The molecule has 5 heteroatoms. The van der Waals surface area contributed by atoms with E-state index >= 15 is 0 Å². The predicted octanol–water partition coefficient (Wildman–Crippen LogP) is 5.42. The molecule has 2 aromatic carbocycles. The van der Waals surface area contributed by atoms with Crippen molar-refractivity contribution in [2.24, 2.45) is 0 Å². The standard InChI is InChI=1S/C21H22ClNO3/c1-2-3-4-6-15-9-11-16(12-10-15)13-14-19(24)23-20-17(21(25)26)7-5-8-18(20)22/h5,7-14H,2-4,6H2,1H3,(H,23,24)(H,25,26)/b14-13+. The number of carbonyl (C=O) groups is 2. The van der Waals surface area contributed by atoms with Crippen molar-refractivity contribution in [1.82, 2.24) is 0 Å². The third kappa shape index (κ3) is 5.74. The molecule has 26 heavy (non-hydrogen) atoms. The van der Waals surface area contributed by atoms with E-state index in [-0.39, 0.29) is 16.3 Å². The second kappa shape index (κ2) is 9.78. The molecule has 1 amide bonds. The van der Waals surface area contributed by atoms with Gasteiger partial charge in [-0.1, -0.05) is 61.7 Å². The van der Waals surface area contributed by atoms with Crippen molar-refractivity contribution >= 4 is 35.2 Å². The third-order valence-electron chi connectivity index (χ3n) is 3.97. The van der Waals surface area contributed by atoms with E-state index in [0.717, 1.165) is 12.0 Å². The summed E-state index contributed by atoms with van der Waals surface area (Å²) in [5.74, 6) is -1.59. The molecule has 0 unspecified atom stereocenters. The Morgan fingerprint density at radius 2 is 1.85 bits per heavy atom. The van der Waals surface area contributed by atoms with Gasteiger partial charge in [-0.3, -0.25) is 4.79 Å². The van der Waals surface area contributed by atoms with Crippen LogP contribution >= 0.6 is 11.6 Å². The van der Waals surface area contributed by atoms with E-state index in [1.54, 1.807) is 6.08 Å². The normalized spacial score (nSPS) is 10.8. The zero-order chi connectivity index (χ0) is 18.9. The first-order chi connectivity index (χ1) is 12.5. The highest BCUT2D eigenvalue weighted by Gasteiger charge is 2.14. The van der Waals surface area contributed by atoms with E-state index in [2.05, 4.69) is 24.4 Å². The fourth-order valence-electron chi connectivity index (χ4n) is 2.54. The van der Waals surface area contributed by atoms with Gasteiger partial charge in [0, 0.05) is 6.08 Å². The lowest BCUT2D eigenvalue weighted by Gasteiger charge is -2.08. The summed E-state index contributed by atoms with van der Waals surface area (Å²) in [5.41, 5.74) is 2.23. The lowest BCUT2D eigenvalue weighted by Crippen LogP contribution is -2.12. The molecule has 0 fully saturated rings. The Bertz CT molecular complexity index is 797. The summed E-state index contributed by atoms with van der Waals surface area (Å²) < 4.78 is 0. The Hall–Kier alpha value is -2.59. The number of rotatable bonds is 8. The van der Waals surface area contributed by atoms with Crippen molar-refractivity contribution in [3.63, 3.8) is 0 Å². The minimum Gasteiger partial charge on any atom is -0.478 e. The first-order valence-electron chi connectivity index (χ1n) is 8.61. The topological polar surface area (TPSA) is 66.4 Å². The van der Waals surface area contributed by atoms with E-state index in [1.807, 2.05) is 12.1 Å². The molecule has 0 aliphatic heterocycles. The van der Waals surface area contributed by atoms with Gasteiger partial charge in [-0.15, -0.1) is 0 Å². The number of benzene rings is 2. The Labute approximate surface area is 158 Å². The highest BCUT2D eigenvalue weighted by molar-refractivity contribution is 6.34. The van der Waals surface area contributed by atoms with Gasteiger partial charge in [0.1, 0.15) is 0 Å². The number of carboxylic acid groups (broad SMARTS) is 1. The SMILES string of the molecule is CCCCCc1ccc(/C=C/C(=O)Nc2c(Cl)cccc2C(=O)O)cc1. The third-order valence-corrected chi connectivity index (χ3v) is 4.28. The zero-order valence-electron chi connectivity index (χ0n) is 14.7. The summed E-state index contributed by atoms with van der Waals surface area (Å²) in [5, 5.41) is 11.9. The van der Waals surface area contributed by atoms with Crippen LogP contribution in [0.4, 0.5) is 5.69 Å². The van der Waals surface area contributed by atoms with E-state index in [1.165, 1.54) is 49.1 Å². The summed E-state index contributed by atoms with van der Waals surface area (Å²) in [6.07, 6.45) is 7.71. The first-order valence-corrected chi connectivity index (χ1v) is 8.99. The number of halogens is 1. The van der Waals surface area contributed by atoms with Gasteiger partial charge in [-0.05, 0) is 42.2 Å². The average molecular weight is 372 g/mol. The van der Waals surface area contributed by atoms with E-state index in [9.17, 15) is 14.7 Å². The second-order valence-electron chi connectivity index (χ2n) is 5.99. The molecule has 4 nitrogen and oxygen atoms in total. The number of aromatic carboxylic acids is 1. The van der Waals surface area contributed by atoms with Gasteiger partial charge < -0.3 is 10.4 Å². The molecule has 136 valence electrons. The number of carboxylic acids is 1. The van der Waals surface area contributed by atoms with Crippen LogP contribution in [-0.2, 0) is 11.2 Å². The van der Waals surface area contributed by atoms with Crippen molar-refractivity contribution in [3.8, 4) is 0 Å². The first kappa shape index (κ1) is 19.7. The van der Waals surface area contributed by atoms with Gasteiger partial charge in [0.05, 0.1) is 16.3 Å². The molecule has 0 saturated carbocycles. The van der Waals surface area contributed by atoms with Crippen LogP contribution in [-0.4, -0.2) is 17.0 Å². The lowest BCUT2D eigenvalue weighted by molar-refractivity contribution is -0.111. The zero-order valence-corrected chi connectivity index (χ0v) is 15.4. The highest BCUT2D eigenvalue weighted by atomic mass is 35.5. The fourth-order valence-corrected chi connectivity index (χ4v) is 2.76. The molecule has 0 radical (unpaired) electrons. The summed E-state index contributed by atoms with van der Waals surface area (Å²) in [7, 11) is 0. The highest BCUT2D eigenvalue weighted by Crippen LogP contribution is 2.26. The molecule has 0 bridgehead atoms. The number of anilines is 1. The summed E-state index contributed by atoms with van der Waals surface area (Å²) in [6, 6.07) is 12.5. The number of carbonyl (C=O) groups excluding carboxylic acids is 1. The molecule has 0 spiro atoms. The fraction of sp³-hybridized carbons (Fsp3) is 0.238. The van der Waals surface area contributed by atoms with Gasteiger partial charge in [0.15, 0.2) is 0 Å². The Kier molecular flexibility index (Phi) is 7.42. The molecule has 2 rings (SSSR count). The number of hydrogen-bond acceptors (Lipinski definition) is 2. The Morgan fingerprint density at radius 3 is 2.50 bits per heavy atom. The molecule has 0 aromatic heterocycles. The minimum absolute atomic E-state index is 0.0457. The predicted molar refractivity (Wildman–Crippen MR) is 106 cm³/mol. The van der Waals surface area contributed by atoms with Gasteiger partial charge in [-0.25, -0.2) is 4.79 Å². The van der Waals surface area contributed by atoms with Crippen LogP contribution < -0.4 is 5.32 Å². The molecule has 2 N–H and O–H groups in total. The summed E-state index contributed by atoms with van der Waals surface area (Å²) in [6.45, 7) is 2.18. The van der Waals surface area contributed by atoms with Gasteiger partial charge >= 0.3 is 5.97 Å². The largest absolute Gasteiger partial charge is 0.478 e. The van der Waals surface area contributed by atoms with Gasteiger partial charge in [-0.2, -0.15) is 0 Å². The maximum absolute atomic E-state index is 12.1. The second-order valence-corrected chi connectivity index (χ2v) is 6.40. The molecule has 0 aliphatic rings. The van der Waals surface area contributed by atoms with E-state index in [0.29, 0.717) is 0 Å². The van der Waals surface area contributed by atoms with Crippen LogP contribution in [0.5, 0.6) is 0 Å². The van der Waals surface area contributed by atoms with Crippen LogP contribution in [0.1, 0.15) is 47.7 Å². The summed E-state index contributed by atoms with van der Waals surface area (Å²) in [4.78, 5) is 23.3. The Morgan fingerprint density at radius 1 is 1.12 bits per heavy atom. The van der Waals surface area contributed by atoms with Crippen molar-refractivity contribution < 1.29 is 14.7 Å². The van der Waals surface area contributed by atoms with Crippen LogP contribution in [0.15, 0.2) is 48.5 Å². The molecule has 0 saturated heterocycles. The smallest absolute Gasteiger partial charge is 0.337 e. The molecule has 2 aromatic rings. The van der Waals surface area contributed by atoms with Crippen LogP contribution in [0.25, 0.3) is 6.08 Å². The monoisotopic (exact) mass is 371 g/mol. The summed E-state index contributed by atoms with van der Waals surface area (Å²) >= 11 is 6.00. The van der Waals surface area contributed by atoms with Crippen LogP contribution in [0.3, 0.4) is 0 Å². The lowest BCUT2D eigenvalue weighted by atomic mass is 10.1. The number of nitrogens with one attached hydrogen (secondary N) is 1. The molecule has 0 aliphatic carbocycles. The maximum atomic E-state index is 12.1.